The molecule has 8 nitrogen and oxygen atoms in total. The smallest absolute Gasteiger partial charge is 0.338 e. The van der Waals surface area contributed by atoms with Crippen LogP contribution in [0.25, 0.3) is 16.8 Å². The van der Waals surface area contributed by atoms with Crippen molar-refractivity contribution in [2.75, 3.05) is 13.7 Å². The van der Waals surface area contributed by atoms with Crippen molar-refractivity contribution in [2.45, 2.75) is 46.4 Å². The Hall–Kier alpha value is -5.22. The van der Waals surface area contributed by atoms with Crippen LogP contribution in [0.4, 0.5) is 4.39 Å². The first kappa shape index (κ1) is 32.7. The number of rotatable bonds is 10. The molecule has 48 heavy (non-hydrogen) atoms. The van der Waals surface area contributed by atoms with Crippen molar-refractivity contribution in [3.63, 3.8) is 0 Å². The molecule has 0 unspecified atom stereocenters. The molecule has 2 heterocycles. The Morgan fingerprint density at radius 1 is 1.02 bits per heavy atom. The lowest BCUT2D eigenvalue weighted by atomic mass is 9.95. The van der Waals surface area contributed by atoms with E-state index >= 15 is 0 Å². The molecule has 1 atom stereocenters. The van der Waals surface area contributed by atoms with Crippen LogP contribution in [-0.4, -0.2) is 30.4 Å². The van der Waals surface area contributed by atoms with Crippen LogP contribution in [0, 0.1) is 5.82 Å². The van der Waals surface area contributed by atoms with E-state index in [9.17, 15) is 14.0 Å². The highest BCUT2D eigenvalue weighted by atomic mass is 32.1. The Morgan fingerprint density at radius 2 is 1.77 bits per heavy atom. The fraction of sp³-hybridized carbons (Fsp3) is 0.237. The van der Waals surface area contributed by atoms with Gasteiger partial charge in [0.25, 0.3) is 5.56 Å². The maximum Gasteiger partial charge on any atom is 0.338 e. The summed E-state index contributed by atoms with van der Waals surface area (Å²) in [5.74, 6) is 0.585. The zero-order valence-corrected chi connectivity index (χ0v) is 28.1. The Bertz CT molecular complexity index is 2240. The first-order valence-electron chi connectivity index (χ1n) is 15.6. The van der Waals surface area contributed by atoms with E-state index in [2.05, 4.69) is 0 Å². The number of fused-ring (bicyclic) bond motifs is 2. The van der Waals surface area contributed by atoms with Gasteiger partial charge in [0.1, 0.15) is 18.2 Å². The summed E-state index contributed by atoms with van der Waals surface area (Å²) in [6.45, 7) is 7.48. The molecule has 4 aromatic carbocycles. The zero-order chi connectivity index (χ0) is 33.9. The van der Waals surface area contributed by atoms with E-state index < -0.39 is 12.0 Å². The minimum Gasteiger partial charge on any atom is -0.493 e. The average Bonchev–Trinajstić information content (AvgIpc) is 3.38. The van der Waals surface area contributed by atoms with E-state index in [0.717, 1.165) is 10.8 Å². The molecular weight excluding hydrogens is 631 g/mol. The van der Waals surface area contributed by atoms with Crippen LogP contribution in [0.3, 0.4) is 0 Å². The van der Waals surface area contributed by atoms with Crippen LogP contribution in [0.2, 0.25) is 0 Å². The summed E-state index contributed by atoms with van der Waals surface area (Å²) in [6, 6.07) is 22.5. The number of hydrogen-bond donors (Lipinski definition) is 0. The van der Waals surface area contributed by atoms with E-state index in [1.54, 1.807) is 57.4 Å². The number of carbonyl (C=O) groups excluding carboxylic acids is 1. The third-order valence-corrected chi connectivity index (χ3v) is 8.91. The number of esters is 1. The summed E-state index contributed by atoms with van der Waals surface area (Å²) in [7, 11) is 1.54. The molecule has 0 spiro atoms. The van der Waals surface area contributed by atoms with Crippen molar-refractivity contribution >= 4 is 34.2 Å². The first-order chi connectivity index (χ1) is 23.2. The number of halogens is 1. The van der Waals surface area contributed by atoms with Crippen molar-refractivity contribution < 1.29 is 28.1 Å². The summed E-state index contributed by atoms with van der Waals surface area (Å²) in [6.07, 6.45) is 1.69. The maximum absolute atomic E-state index is 14.5. The molecule has 246 valence electrons. The number of thiazole rings is 1. The number of methoxy groups -OCH3 is 1. The summed E-state index contributed by atoms with van der Waals surface area (Å²) in [4.78, 5) is 33.0. The Labute approximate surface area is 281 Å². The molecule has 1 aromatic heterocycles. The molecule has 10 heteroatoms. The molecule has 1 aliphatic rings. The van der Waals surface area contributed by atoms with E-state index in [4.69, 9.17) is 23.9 Å². The van der Waals surface area contributed by atoms with Gasteiger partial charge in [0, 0.05) is 11.1 Å². The van der Waals surface area contributed by atoms with Crippen molar-refractivity contribution in [3.05, 3.63) is 132 Å². The second-order valence-corrected chi connectivity index (χ2v) is 12.5. The molecule has 0 aliphatic carbocycles. The van der Waals surface area contributed by atoms with Gasteiger partial charge in [-0.3, -0.25) is 9.36 Å². The van der Waals surface area contributed by atoms with Gasteiger partial charge in [0.05, 0.1) is 41.7 Å². The average molecular weight is 667 g/mol. The Morgan fingerprint density at radius 3 is 2.52 bits per heavy atom. The molecular formula is C38H35FN2O6S. The topological polar surface area (TPSA) is 88.4 Å². The van der Waals surface area contributed by atoms with E-state index in [-0.39, 0.29) is 36.3 Å². The SMILES string of the molecule is CCOC(=O)C1=C(C)N=c2s/c(=C/c3c(OCc4ccccc4F)ccc4ccccc34)c(=O)n2[C@H]1c1ccc(OC(C)C)c(OC)c1. The highest BCUT2D eigenvalue weighted by Crippen LogP contribution is 2.37. The van der Waals surface area contributed by atoms with E-state index in [1.807, 2.05) is 56.3 Å². The van der Waals surface area contributed by atoms with Gasteiger partial charge in [0.15, 0.2) is 16.3 Å². The van der Waals surface area contributed by atoms with Crippen LogP contribution >= 0.6 is 11.3 Å². The second-order valence-electron chi connectivity index (χ2n) is 11.5. The molecule has 6 rings (SSSR count). The fourth-order valence-corrected chi connectivity index (χ4v) is 6.79. The molecule has 5 aromatic rings. The quantitative estimate of drug-likeness (QED) is 0.159. The van der Waals surface area contributed by atoms with Crippen LogP contribution < -0.4 is 29.1 Å². The third kappa shape index (κ3) is 6.35. The second kappa shape index (κ2) is 13.9. The van der Waals surface area contributed by atoms with Gasteiger partial charge in [0.2, 0.25) is 0 Å². The highest BCUT2D eigenvalue weighted by molar-refractivity contribution is 7.07. The van der Waals surface area contributed by atoms with Gasteiger partial charge < -0.3 is 18.9 Å². The van der Waals surface area contributed by atoms with Crippen molar-refractivity contribution in [2.24, 2.45) is 4.99 Å². The summed E-state index contributed by atoms with van der Waals surface area (Å²) in [5.41, 5.74) is 2.09. The predicted molar refractivity (Wildman–Crippen MR) is 184 cm³/mol. The fourth-order valence-electron chi connectivity index (χ4n) is 5.76. The van der Waals surface area contributed by atoms with Crippen LogP contribution in [0.15, 0.2) is 99.9 Å². The van der Waals surface area contributed by atoms with Gasteiger partial charge >= 0.3 is 5.97 Å². The molecule has 0 fully saturated rings. The number of hydrogen-bond acceptors (Lipinski definition) is 8. The summed E-state index contributed by atoms with van der Waals surface area (Å²) in [5, 5.41) is 1.81. The number of ether oxygens (including phenoxy) is 4. The monoisotopic (exact) mass is 666 g/mol. The van der Waals surface area contributed by atoms with Crippen molar-refractivity contribution in [3.8, 4) is 17.2 Å². The highest BCUT2D eigenvalue weighted by Gasteiger charge is 2.34. The number of allylic oxidation sites excluding steroid dienone is 1. The molecule has 0 bridgehead atoms. The minimum absolute atomic E-state index is 0.00749. The Kier molecular flexibility index (Phi) is 9.45. The van der Waals surface area contributed by atoms with Gasteiger partial charge in [-0.2, -0.15) is 0 Å². The van der Waals surface area contributed by atoms with Crippen molar-refractivity contribution in [1.82, 2.24) is 4.57 Å². The number of nitrogens with zero attached hydrogens (tertiary/aromatic N) is 2. The lowest BCUT2D eigenvalue weighted by Gasteiger charge is -2.25. The molecule has 0 saturated carbocycles. The molecule has 0 amide bonds. The number of carbonyl (C=O) groups is 1. The lowest BCUT2D eigenvalue weighted by molar-refractivity contribution is -0.139. The van der Waals surface area contributed by atoms with Gasteiger partial charge in [-0.05, 0) is 74.4 Å². The van der Waals surface area contributed by atoms with Crippen LogP contribution in [0.1, 0.15) is 50.4 Å². The van der Waals surface area contributed by atoms with E-state index in [0.29, 0.717) is 49.0 Å². The molecule has 0 N–H and O–H groups in total. The summed E-state index contributed by atoms with van der Waals surface area (Å²) >= 11 is 1.21. The van der Waals surface area contributed by atoms with Crippen LogP contribution in [-0.2, 0) is 16.1 Å². The largest absolute Gasteiger partial charge is 0.493 e. The standard InChI is InChI=1S/C38H35FN2O6S/c1-6-45-37(43)34-23(4)40-38-41(35(34)25-16-18-31(47-22(2)3)32(19-25)44-5)36(42)33(48-38)20-28-27-13-9-7-11-24(27)15-17-30(28)46-21-26-12-8-10-14-29(26)39/h7-20,22,35H,6,21H2,1-5H3/b33-20+/t35-/m0/s1. The molecule has 0 radical (unpaired) electrons. The first-order valence-corrected chi connectivity index (χ1v) is 16.4. The van der Waals surface area contributed by atoms with Crippen molar-refractivity contribution in [1.29, 1.82) is 0 Å². The number of benzene rings is 4. The minimum atomic E-state index is -0.839. The lowest BCUT2D eigenvalue weighted by Crippen LogP contribution is -2.40. The van der Waals surface area contributed by atoms with Gasteiger partial charge in [-0.25, -0.2) is 14.2 Å². The molecule has 0 saturated heterocycles. The summed E-state index contributed by atoms with van der Waals surface area (Å²) < 4.78 is 39.6. The van der Waals surface area contributed by atoms with Gasteiger partial charge in [-0.1, -0.05) is 65.9 Å². The number of aromatic nitrogens is 1. The predicted octanol–water partition coefficient (Wildman–Crippen LogP) is 6.47. The normalized spacial score (nSPS) is 14.6. The maximum atomic E-state index is 14.5. The van der Waals surface area contributed by atoms with E-state index in [1.165, 1.54) is 22.0 Å². The van der Waals surface area contributed by atoms with Gasteiger partial charge in [-0.15, -0.1) is 0 Å². The third-order valence-electron chi connectivity index (χ3n) is 7.93. The van der Waals surface area contributed by atoms with Crippen LogP contribution in [0.5, 0.6) is 17.2 Å². The molecule has 1 aliphatic heterocycles. The Balaban J connectivity index is 1.53. The zero-order valence-electron chi connectivity index (χ0n) is 27.3.